The van der Waals surface area contributed by atoms with Gasteiger partial charge in [0.05, 0.1) is 5.25 Å². The van der Waals surface area contributed by atoms with E-state index in [4.69, 9.17) is 12.2 Å². The normalized spacial score (nSPS) is 17.5. The molecule has 6 heteroatoms. The van der Waals surface area contributed by atoms with E-state index in [9.17, 15) is 8.42 Å². The van der Waals surface area contributed by atoms with Crippen LogP contribution in [0.4, 0.5) is 5.82 Å². The van der Waals surface area contributed by atoms with Crippen LogP contribution in [-0.2, 0) is 9.84 Å². The van der Waals surface area contributed by atoms with E-state index >= 15 is 0 Å². The van der Waals surface area contributed by atoms with Crippen LogP contribution < -0.4 is 4.90 Å². The van der Waals surface area contributed by atoms with E-state index in [1.54, 1.807) is 12.3 Å². The number of aromatic amines is 1. The lowest BCUT2D eigenvalue weighted by molar-refractivity contribution is 0.544. The number of nitrogens with one attached hydrogen (secondary N) is 1. The van der Waals surface area contributed by atoms with Crippen LogP contribution >= 0.6 is 12.2 Å². The number of aromatic nitrogens is 1. The SMILES string of the molecule is CS(=O)(=O)C1CN(c2cc(=S)cc[nH]2)C1. The van der Waals surface area contributed by atoms with Gasteiger partial charge in [0.2, 0.25) is 0 Å². The molecule has 1 saturated heterocycles. The van der Waals surface area contributed by atoms with E-state index in [-0.39, 0.29) is 5.25 Å². The summed E-state index contributed by atoms with van der Waals surface area (Å²) in [5, 5.41) is -0.236. The van der Waals surface area contributed by atoms with Gasteiger partial charge in [-0.25, -0.2) is 8.42 Å². The van der Waals surface area contributed by atoms with Gasteiger partial charge in [0.25, 0.3) is 0 Å². The highest BCUT2D eigenvalue weighted by Crippen LogP contribution is 2.21. The van der Waals surface area contributed by atoms with Crippen LogP contribution in [0.5, 0.6) is 0 Å². The first-order valence-corrected chi connectivity index (χ1v) is 6.95. The Balaban J connectivity index is 2.10. The van der Waals surface area contributed by atoms with Gasteiger partial charge < -0.3 is 9.88 Å². The van der Waals surface area contributed by atoms with Gasteiger partial charge in [-0.1, -0.05) is 12.2 Å². The van der Waals surface area contributed by atoms with Crippen molar-refractivity contribution in [3.8, 4) is 0 Å². The zero-order valence-electron chi connectivity index (χ0n) is 8.30. The molecule has 0 aromatic carbocycles. The molecule has 0 amide bonds. The molecule has 1 fully saturated rings. The summed E-state index contributed by atoms with van der Waals surface area (Å²) < 4.78 is 23.2. The Morgan fingerprint density at radius 3 is 2.73 bits per heavy atom. The number of nitrogens with zero attached hydrogens (tertiary/aromatic N) is 1. The number of sulfone groups is 1. The molecule has 1 aromatic heterocycles. The fraction of sp³-hybridized carbons (Fsp3) is 0.444. The van der Waals surface area contributed by atoms with Crippen LogP contribution in [0.1, 0.15) is 0 Å². The van der Waals surface area contributed by atoms with Crippen molar-refractivity contribution in [2.75, 3.05) is 24.2 Å². The van der Waals surface area contributed by atoms with Gasteiger partial charge in [0.1, 0.15) is 5.82 Å². The van der Waals surface area contributed by atoms with Crippen LogP contribution in [0.15, 0.2) is 18.3 Å². The Kier molecular flexibility index (Phi) is 2.56. The predicted octanol–water partition coefficient (Wildman–Crippen LogP) is 0.977. The highest BCUT2D eigenvalue weighted by molar-refractivity contribution is 7.91. The molecule has 2 rings (SSSR count). The molecule has 2 heterocycles. The predicted molar refractivity (Wildman–Crippen MR) is 62.5 cm³/mol. The van der Waals surface area contributed by atoms with E-state index in [2.05, 4.69) is 4.98 Å². The lowest BCUT2D eigenvalue weighted by Gasteiger charge is -2.39. The molecule has 0 spiro atoms. The van der Waals surface area contributed by atoms with Crippen molar-refractivity contribution in [3.63, 3.8) is 0 Å². The fourth-order valence-corrected chi connectivity index (χ4v) is 2.60. The molecule has 15 heavy (non-hydrogen) atoms. The third-order valence-electron chi connectivity index (χ3n) is 2.55. The van der Waals surface area contributed by atoms with Gasteiger partial charge in [-0.2, -0.15) is 0 Å². The molecule has 4 nitrogen and oxygen atoms in total. The lowest BCUT2D eigenvalue weighted by Crippen LogP contribution is -2.54. The van der Waals surface area contributed by atoms with Crippen LogP contribution in [0.3, 0.4) is 0 Å². The zero-order valence-corrected chi connectivity index (χ0v) is 9.94. The average Bonchev–Trinajstić information content (AvgIpc) is 1.97. The van der Waals surface area contributed by atoms with Crippen molar-refractivity contribution in [1.29, 1.82) is 0 Å². The number of H-pyrrole nitrogens is 1. The van der Waals surface area contributed by atoms with E-state index in [0.717, 1.165) is 10.3 Å². The smallest absolute Gasteiger partial charge is 0.153 e. The Morgan fingerprint density at radius 2 is 2.20 bits per heavy atom. The van der Waals surface area contributed by atoms with Gasteiger partial charge in [0.15, 0.2) is 9.84 Å². The van der Waals surface area contributed by atoms with E-state index < -0.39 is 9.84 Å². The van der Waals surface area contributed by atoms with Crippen LogP contribution in [-0.4, -0.2) is 38.0 Å². The summed E-state index contributed by atoms with van der Waals surface area (Å²) in [6.07, 6.45) is 3.05. The molecule has 0 radical (unpaired) electrons. The molecule has 0 bridgehead atoms. The molecular weight excluding hydrogens is 232 g/mol. The number of rotatable bonds is 2. The van der Waals surface area contributed by atoms with Crippen molar-refractivity contribution >= 4 is 27.9 Å². The van der Waals surface area contributed by atoms with Crippen LogP contribution in [0.25, 0.3) is 0 Å². The molecule has 1 aromatic rings. The first-order chi connectivity index (χ1) is 6.97. The summed E-state index contributed by atoms with van der Waals surface area (Å²) in [5.41, 5.74) is 0. The van der Waals surface area contributed by atoms with Gasteiger partial charge >= 0.3 is 0 Å². The van der Waals surface area contributed by atoms with E-state index in [0.29, 0.717) is 13.1 Å². The Labute approximate surface area is 93.8 Å². The summed E-state index contributed by atoms with van der Waals surface area (Å²) in [6.45, 7) is 1.10. The Morgan fingerprint density at radius 1 is 1.53 bits per heavy atom. The topological polar surface area (TPSA) is 53.2 Å². The highest BCUT2D eigenvalue weighted by atomic mass is 32.2. The number of hydrogen-bond donors (Lipinski definition) is 1. The first-order valence-electron chi connectivity index (χ1n) is 4.59. The third kappa shape index (κ3) is 2.21. The minimum Gasteiger partial charge on any atom is -0.355 e. The molecule has 1 N–H and O–H groups in total. The molecule has 1 aliphatic heterocycles. The van der Waals surface area contributed by atoms with Crippen molar-refractivity contribution in [2.24, 2.45) is 0 Å². The van der Waals surface area contributed by atoms with Gasteiger partial charge in [0, 0.05) is 30.1 Å². The minimum absolute atomic E-state index is 0.236. The standard InChI is InChI=1S/C9H12N2O2S2/c1-15(12,13)8-5-11(6-8)9-4-7(14)2-3-10-9/h2-4,8H,5-6H2,1H3,(H,10,14). The zero-order chi connectivity index (χ0) is 11.1. The fourth-order valence-electron chi connectivity index (χ4n) is 1.52. The maximum absolute atomic E-state index is 11.2. The summed E-state index contributed by atoms with van der Waals surface area (Å²) in [7, 11) is -2.90. The number of pyridine rings is 1. The van der Waals surface area contributed by atoms with E-state index in [1.807, 2.05) is 11.0 Å². The first kappa shape index (κ1) is 10.6. The third-order valence-corrected chi connectivity index (χ3v) is 4.32. The molecule has 0 saturated carbocycles. The lowest BCUT2D eigenvalue weighted by atomic mass is 10.2. The van der Waals surface area contributed by atoms with Crippen molar-refractivity contribution in [1.82, 2.24) is 4.98 Å². The largest absolute Gasteiger partial charge is 0.355 e. The van der Waals surface area contributed by atoms with Crippen molar-refractivity contribution in [3.05, 3.63) is 22.8 Å². The summed E-state index contributed by atoms with van der Waals surface area (Å²) in [4.78, 5) is 5.02. The van der Waals surface area contributed by atoms with Gasteiger partial charge in [-0.15, -0.1) is 0 Å². The second-order valence-electron chi connectivity index (χ2n) is 3.77. The summed E-state index contributed by atoms with van der Waals surface area (Å²) >= 11 is 5.03. The quantitative estimate of drug-likeness (QED) is 0.788. The van der Waals surface area contributed by atoms with E-state index in [1.165, 1.54) is 6.26 Å². The average molecular weight is 244 g/mol. The summed E-state index contributed by atoms with van der Waals surface area (Å²) in [6, 6.07) is 3.64. The Hall–Kier alpha value is -0.880. The monoisotopic (exact) mass is 244 g/mol. The molecule has 0 aliphatic carbocycles. The number of hydrogen-bond acceptors (Lipinski definition) is 4. The van der Waals surface area contributed by atoms with Crippen LogP contribution in [0, 0.1) is 4.51 Å². The second-order valence-corrected chi connectivity index (χ2v) is 6.56. The molecule has 0 atom stereocenters. The molecular formula is C9H12N2O2S2. The van der Waals surface area contributed by atoms with Crippen LogP contribution in [0.2, 0.25) is 0 Å². The molecule has 1 aliphatic rings. The maximum Gasteiger partial charge on any atom is 0.153 e. The van der Waals surface area contributed by atoms with Crippen molar-refractivity contribution in [2.45, 2.75) is 5.25 Å². The highest BCUT2D eigenvalue weighted by Gasteiger charge is 2.34. The maximum atomic E-state index is 11.2. The van der Waals surface area contributed by atoms with Crippen molar-refractivity contribution < 1.29 is 8.42 Å². The minimum atomic E-state index is -2.90. The second kappa shape index (κ2) is 3.61. The summed E-state index contributed by atoms with van der Waals surface area (Å²) in [5.74, 6) is 0.891. The molecule has 82 valence electrons. The van der Waals surface area contributed by atoms with Gasteiger partial charge in [-0.3, -0.25) is 0 Å². The molecule has 0 unspecified atom stereocenters. The Bertz CT molecular complexity index is 515. The van der Waals surface area contributed by atoms with Gasteiger partial charge in [-0.05, 0) is 12.1 Å². The number of anilines is 1.